The summed E-state index contributed by atoms with van der Waals surface area (Å²) in [7, 11) is 3.57. The molecule has 0 aromatic carbocycles. The molecule has 2 heterocycles. The highest BCUT2D eigenvalue weighted by Gasteiger charge is 2.60. The highest BCUT2D eigenvalue weighted by atomic mass is 16.5. The topological polar surface area (TPSA) is 71.5 Å². The van der Waals surface area contributed by atoms with Crippen molar-refractivity contribution in [3.8, 4) is 5.75 Å². The number of rotatable bonds is 4. The van der Waals surface area contributed by atoms with Crippen molar-refractivity contribution in [1.29, 1.82) is 0 Å². The number of methoxy groups -OCH3 is 1. The number of carbonyl (C=O) groups is 2. The van der Waals surface area contributed by atoms with E-state index in [0.717, 1.165) is 12.8 Å². The standard InChI is InChI=1S/C27H37N3O3/c1-26-12-9-20-18(6-8-23-27(20,2)13-10-25(32)30(23)3)19(26)7-5-17(26)15-24(31)29-21-11-14-28-16-22(21)33-4/h10-11,13-14,16-20,23H,5-9,12,15H2,1-4H3,(H,28,29,31)/t17-,18+,19+,20+,23-,26-,27-/m1/s1. The van der Waals surface area contributed by atoms with E-state index < -0.39 is 0 Å². The van der Waals surface area contributed by atoms with Crippen LogP contribution in [0.2, 0.25) is 0 Å². The summed E-state index contributed by atoms with van der Waals surface area (Å²) < 4.78 is 5.34. The molecule has 178 valence electrons. The molecule has 3 saturated carbocycles. The number of pyridine rings is 1. The Morgan fingerprint density at radius 3 is 2.82 bits per heavy atom. The predicted molar refractivity (Wildman–Crippen MR) is 128 cm³/mol. The van der Waals surface area contributed by atoms with Crippen molar-refractivity contribution in [3.05, 3.63) is 30.6 Å². The van der Waals surface area contributed by atoms with Crippen LogP contribution in [0.25, 0.3) is 0 Å². The fourth-order valence-corrected chi connectivity index (χ4v) is 8.25. The summed E-state index contributed by atoms with van der Waals surface area (Å²) in [5.41, 5.74) is 0.972. The number of anilines is 1. The third-order valence-electron chi connectivity index (χ3n) is 10.0. The number of amides is 2. The Balaban J connectivity index is 1.31. The van der Waals surface area contributed by atoms with Crippen molar-refractivity contribution in [3.63, 3.8) is 0 Å². The van der Waals surface area contributed by atoms with Crippen LogP contribution >= 0.6 is 0 Å². The van der Waals surface area contributed by atoms with Gasteiger partial charge >= 0.3 is 0 Å². The van der Waals surface area contributed by atoms with Gasteiger partial charge in [-0.25, -0.2) is 0 Å². The van der Waals surface area contributed by atoms with Gasteiger partial charge in [0.25, 0.3) is 0 Å². The van der Waals surface area contributed by atoms with Crippen molar-refractivity contribution < 1.29 is 14.3 Å². The van der Waals surface area contributed by atoms with Gasteiger partial charge in [0.2, 0.25) is 11.8 Å². The first-order chi connectivity index (χ1) is 15.8. The lowest BCUT2D eigenvalue weighted by Gasteiger charge is -2.60. The Kier molecular flexibility index (Phi) is 5.53. The summed E-state index contributed by atoms with van der Waals surface area (Å²) in [6.07, 6.45) is 14.9. The summed E-state index contributed by atoms with van der Waals surface area (Å²) in [6.45, 7) is 4.84. The lowest BCUT2D eigenvalue weighted by molar-refractivity contribution is -0.139. The van der Waals surface area contributed by atoms with Crippen molar-refractivity contribution in [2.24, 2.45) is 34.5 Å². The SMILES string of the molecule is COc1cnccc1NC(=O)C[C@H]1CC[C@H]2[C@@H]3CC[C@H]4N(C)C(=O)C=C[C@]4(C)[C@H]3CC[C@]12C. The number of hydrogen-bond donors (Lipinski definition) is 1. The highest BCUT2D eigenvalue weighted by molar-refractivity contribution is 5.92. The van der Waals surface area contributed by atoms with E-state index in [1.807, 2.05) is 18.0 Å². The van der Waals surface area contributed by atoms with Gasteiger partial charge in [0.05, 0.1) is 19.0 Å². The first-order valence-corrected chi connectivity index (χ1v) is 12.5. The molecule has 3 aliphatic carbocycles. The Labute approximate surface area is 197 Å². The van der Waals surface area contributed by atoms with Crippen LogP contribution in [0.4, 0.5) is 5.69 Å². The van der Waals surface area contributed by atoms with E-state index in [1.165, 1.54) is 25.7 Å². The molecular weight excluding hydrogens is 414 g/mol. The van der Waals surface area contributed by atoms with Gasteiger partial charge in [0, 0.05) is 31.1 Å². The summed E-state index contributed by atoms with van der Waals surface area (Å²) >= 11 is 0. The molecule has 0 spiro atoms. The smallest absolute Gasteiger partial charge is 0.246 e. The van der Waals surface area contributed by atoms with Gasteiger partial charge in [-0.1, -0.05) is 19.9 Å². The van der Waals surface area contributed by atoms with E-state index in [0.29, 0.717) is 47.6 Å². The number of ether oxygens (including phenoxy) is 1. The normalized spacial score (nSPS) is 39.5. The second-order valence-corrected chi connectivity index (χ2v) is 11.3. The van der Waals surface area contributed by atoms with E-state index in [1.54, 1.807) is 25.6 Å². The molecule has 3 fully saturated rings. The number of nitrogens with one attached hydrogen (secondary N) is 1. The minimum atomic E-state index is 0.0690. The summed E-state index contributed by atoms with van der Waals surface area (Å²) in [6, 6.07) is 2.11. The number of likely N-dealkylation sites (N-methyl/N-ethyl adjacent to an activating group) is 1. The van der Waals surface area contributed by atoms with Gasteiger partial charge in [-0.2, -0.15) is 0 Å². The number of nitrogens with zero attached hydrogens (tertiary/aromatic N) is 2. The molecule has 0 radical (unpaired) electrons. The summed E-state index contributed by atoms with van der Waals surface area (Å²) in [4.78, 5) is 31.4. The first kappa shape index (κ1) is 22.4. The van der Waals surface area contributed by atoms with Gasteiger partial charge in [-0.15, -0.1) is 0 Å². The van der Waals surface area contributed by atoms with Crippen molar-refractivity contribution in [2.75, 3.05) is 19.5 Å². The van der Waals surface area contributed by atoms with E-state index in [2.05, 4.69) is 30.2 Å². The molecule has 1 aliphatic heterocycles. The predicted octanol–water partition coefficient (Wildman–Crippen LogP) is 4.67. The van der Waals surface area contributed by atoms with Gasteiger partial charge in [-0.3, -0.25) is 14.6 Å². The number of fused-ring (bicyclic) bond motifs is 5. The second kappa shape index (κ2) is 8.14. The molecule has 6 nitrogen and oxygen atoms in total. The maximum Gasteiger partial charge on any atom is 0.246 e. The Morgan fingerprint density at radius 1 is 1.21 bits per heavy atom. The maximum absolute atomic E-state index is 13.0. The summed E-state index contributed by atoms with van der Waals surface area (Å²) in [5, 5.41) is 3.06. The monoisotopic (exact) mass is 451 g/mol. The Hall–Kier alpha value is -2.37. The van der Waals surface area contributed by atoms with Gasteiger partial charge < -0.3 is 15.0 Å². The Morgan fingerprint density at radius 2 is 2.03 bits per heavy atom. The molecule has 4 aliphatic rings. The van der Waals surface area contributed by atoms with Gasteiger partial charge in [-0.05, 0) is 79.8 Å². The minimum Gasteiger partial charge on any atom is -0.493 e. The molecule has 6 heteroatoms. The zero-order valence-corrected chi connectivity index (χ0v) is 20.3. The molecule has 5 rings (SSSR count). The fraction of sp³-hybridized carbons (Fsp3) is 0.667. The third-order valence-corrected chi connectivity index (χ3v) is 10.0. The van der Waals surface area contributed by atoms with E-state index >= 15 is 0 Å². The third kappa shape index (κ3) is 3.48. The molecule has 2 amide bonds. The van der Waals surface area contributed by atoms with Crippen LogP contribution in [-0.2, 0) is 9.59 Å². The zero-order chi connectivity index (χ0) is 23.4. The fourth-order valence-electron chi connectivity index (χ4n) is 8.25. The number of hydrogen-bond acceptors (Lipinski definition) is 4. The highest BCUT2D eigenvalue weighted by Crippen LogP contribution is 2.66. The molecule has 0 bridgehead atoms. The first-order valence-electron chi connectivity index (χ1n) is 12.5. The maximum atomic E-state index is 13.0. The van der Waals surface area contributed by atoms with E-state index in [-0.39, 0.29) is 22.6 Å². The molecule has 1 aromatic rings. The second-order valence-electron chi connectivity index (χ2n) is 11.3. The molecule has 1 N–H and O–H groups in total. The van der Waals surface area contributed by atoms with Crippen molar-refractivity contribution in [2.45, 2.75) is 64.8 Å². The molecule has 0 saturated heterocycles. The van der Waals surface area contributed by atoms with Crippen LogP contribution in [0.1, 0.15) is 58.8 Å². The van der Waals surface area contributed by atoms with E-state index in [9.17, 15) is 9.59 Å². The van der Waals surface area contributed by atoms with Crippen molar-refractivity contribution in [1.82, 2.24) is 9.88 Å². The number of carbonyl (C=O) groups excluding carboxylic acids is 2. The minimum absolute atomic E-state index is 0.0690. The lowest BCUT2D eigenvalue weighted by Crippen LogP contribution is -2.59. The average Bonchev–Trinajstić information content (AvgIpc) is 3.13. The average molecular weight is 452 g/mol. The van der Waals surface area contributed by atoms with Crippen LogP contribution in [0.3, 0.4) is 0 Å². The molecule has 0 unspecified atom stereocenters. The molecule has 33 heavy (non-hydrogen) atoms. The van der Waals surface area contributed by atoms with Crippen LogP contribution in [0, 0.1) is 34.5 Å². The largest absolute Gasteiger partial charge is 0.493 e. The van der Waals surface area contributed by atoms with Crippen LogP contribution in [0.5, 0.6) is 5.75 Å². The van der Waals surface area contributed by atoms with Crippen LogP contribution in [-0.4, -0.2) is 41.9 Å². The quantitative estimate of drug-likeness (QED) is 0.722. The van der Waals surface area contributed by atoms with Crippen molar-refractivity contribution >= 4 is 17.5 Å². The molecule has 1 aromatic heterocycles. The van der Waals surface area contributed by atoms with Crippen LogP contribution in [0.15, 0.2) is 30.6 Å². The summed E-state index contributed by atoms with van der Waals surface area (Å²) in [5.74, 6) is 3.19. The Bertz CT molecular complexity index is 977. The van der Waals surface area contributed by atoms with Crippen LogP contribution < -0.4 is 10.1 Å². The molecule has 7 atom stereocenters. The van der Waals surface area contributed by atoms with E-state index in [4.69, 9.17) is 4.74 Å². The molecular formula is C27H37N3O3. The van der Waals surface area contributed by atoms with Gasteiger partial charge in [0.15, 0.2) is 5.75 Å². The lowest BCUT2D eigenvalue weighted by atomic mass is 9.47. The van der Waals surface area contributed by atoms with Gasteiger partial charge in [0.1, 0.15) is 0 Å². The zero-order valence-electron chi connectivity index (χ0n) is 20.3. The number of aromatic nitrogens is 1.